The number of ketones is 1. The maximum absolute atomic E-state index is 13.1. The zero-order chi connectivity index (χ0) is 21.2. The van der Waals surface area contributed by atoms with Gasteiger partial charge in [0.2, 0.25) is 0 Å². The minimum atomic E-state index is -0.849. The molecule has 30 heavy (non-hydrogen) atoms. The molecule has 0 saturated heterocycles. The summed E-state index contributed by atoms with van der Waals surface area (Å²) >= 11 is 0. The largest absolute Gasteiger partial charge is 0.445 e. The lowest BCUT2D eigenvalue weighted by atomic mass is 10.00. The molecule has 0 bridgehead atoms. The summed E-state index contributed by atoms with van der Waals surface area (Å²) in [7, 11) is 0. The Balaban J connectivity index is 1.64. The minimum absolute atomic E-state index is 0.0441. The molecule has 1 N–H and O–H groups in total. The molecule has 5 heteroatoms. The summed E-state index contributed by atoms with van der Waals surface area (Å²) in [5.41, 5.74) is 3.25. The maximum Gasteiger partial charge on any atom is 0.408 e. The first-order valence-corrected chi connectivity index (χ1v) is 9.82. The number of ether oxygens (including phenoxy) is 2. The predicted molar refractivity (Wildman–Crippen MR) is 115 cm³/mol. The summed E-state index contributed by atoms with van der Waals surface area (Å²) in [6.07, 6.45) is -0.658. The standard InChI is InChI=1S/C25H25NO4/c1-19-10-8-9-15-22(19)24(27)23(18-29-16-20-11-4-2-5-12-20)26-25(28)30-17-21-13-6-3-7-14-21/h2-15,23H,16-18H2,1H3,(H,26,28)/t23-/m0/s1. The van der Waals surface area contributed by atoms with Gasteiger partial charge in [-0.05, 0) is 23.6 Å². The monoisotopic (exact) mass is 403 g/mol. The fraction of sp³-hybridized carbons (Fsp3) is 0.200. The quantitative estimate of drug-likeness (QED) is 0.527. The first-order chi connectivity index (χ1) is 14.6. The highest BCUT2D eigenvalue weighted by Crippen LogP contribution is 2.12. The summed E-state index contributed by atoms with van der Waals surface area (Å²) < 4.78 is 11.0. The molecule has 3 aromatic carbocycles. The number of benzene rings is 3. The van der Waals surface area contributed by atoms with Crippen LogP contribution in [-0.2, 0) is 22.7 Å². The van der Waals surface area contributed by atoms with Crippen LogP contribution < -0.4 is 5.32 Å². The van der Waals surface area contributed by atoms with Gasteiger partial charge in [0.25, 0.3) is 0 Å². The molecule has 0 heterocycles. The molecular weight excluding hydrogens is 378 g/mol. The van der Waals surface area contributed by atoms with E-state index in [0.29, 0.717) is 12.2 Å². The zero-order valence-electron chi connectivity index (χ0n) is 16.9. The van der Waals surface area contributed by atoms with Gasteiger partial charge >= 0.3 is 6.09 Å². The average Bonchev–Trinajstić information content (AvgIpc) is 2.78. The van der Waals surface area contributed by atoms with Gasteiger partial charge in [0, 0.05) is 5.56 Å². The number of rotatable bonds is 9. The van der Waals surface area contributed by atoms with Gasteiger partial charge in [0.1, 0.15) is 12.6 Å². The molecular formula is C25H25NO4. The van der Waals surface area contributed by atoms with Gasteiger partial charge in [-0.15, -0.1) is 0 Å². The van der Waals surface area contributed by atoms with Crippen molar-refractivity contribution in [3.63, 3.8) is 0 Å². The lowest BCUT2D eigenvalue weighted by Gasteiger charge is -2.19. The second-order valence-electron chi connectivity index (χ2n) is 6.94. The van der Waals surface area contributed by atoms with Crippen LogP contribution in [0.25, 0.3) is 0 Å². The summed E-state index contributed by atoms with van der Waals surface area (Å²) in [5, 5.41) is 2.66. The highest BCUT2D eigenvalue weighted by Gasteiger charge is 2.24. The van der Waals surface area contributed by atoms with E-state index in [2.05, 4.69) is 5.32 Å². The van der Waals surface area contributed by atoms with Crippen LogP contribution in [0.5, 0.6) is 0 Å². The number of carbonyl (C=O) groups excluding carboxylic acids is 2. The van der Waals surface area contributed by atoms with E-state index in [4.69, 9.17) is 9.47 Å². The van der Waals surface area contributed by atoms with Crippen molar-refractivity contribution in [2.75, 3.05) is 6.61 Å². The lowest BCUT2D eigenvalue weighted by Crippen LogP contribution is -2.44. The normalized spacial score (nSPS) is 11.5. The highest BCUT2D eigenvalue weighted by atomic mass is 16.5. The number of Topliss-reactive ketones (excluding diaryl/α,β-unsaturated/α-hetero) is 1. The molecule has 154 valence electrons. The fourth-order valence-electron chi connectivity index (χ4n) is 3.00. The van der Waals surface area contributed by atoms with E-state index in [1.54, 1.807) is 12.1 Å². The van der Waals surface area contributed by atoms with E-state index in [0.717, 1.165) is 16.7 Å². The lowest BCUT2D eigenvalue weighted by molar-refractivity contribution is 0.0690. The summed E-state index contributed by atoms with van der Waals surface area (Å²) in [4.78, 5) is 25.4. The third kappa shape index (κ3) is 6.29. The van der Waals surface area contributed by atoms with Gasteiger partial charge < -0.3 is 14.8 Å². The van der Waals surface area contributed by atoms with E-state index in [-0.39, 0.29) is 19.0 Å². The Kier molecular flexibility index (Phi) is 7.75. The summed E-state index contributed by atoms with van der Waals surface area (Å²) in [5.74, 6) is -0.210. The molecule has 0 spiro atoms. The molecule has 3 rings (SSSR count). The van der Waals surface area contributed by atoms with Crippen molar-refractivity contribution in [1.29, 1.82) is 0 Å². The molecule has 1 atom stereocenters. The molecule has 1 amide bonds. The molecule has 0 aliphatic rings. The number of amides is 1. The first-order valence-electron chi connectivity index (χ1n) is 9.82. The van der Waals surface area contributed by atoms with Crippen LogP contribution in [0.1, 0.15) is 27.0 Å². The Labute approximate surface area is 176 Å². The molecule has 0 saturated carbocycles. The molecule has 0 aliphatic heterocycles. The molecule has 5 nitrogen and oxygen atoms in total. The first kappa shape index (κ1) is 21.3. The van der Waals surface area contributed by atoms with Gasteiger partial charge in [-0.25, -0.2) is 4.79 Å². The third-order valence-electron chi connectivity index (χ3n) is 4.63. The van der Waals surface area contributed by atoms with Crippen molar-refractivity contribution in [1.82, 2.24) is 5.32 Å². The number of aryl methyl sites for hydroxylation is 1. The Hall–Kier alpha value is -3.44. The number of hydrogen-bond donors (Lipinski definition) is 1. The third-order valence-corrected chi connectivity index (χ3v) is 4.63. The number of nitrogens with one attached hydrogen (secondary N) is 1. The van der Waals surface area contributed by atoms with Crippen LogP contribution in [-0.4, -0.2) is 24.5 Å². The van der Waals surface area contributed by atoms with Crippen LogP contribution in [0, 0.1) is 6.92 Å². The van der Waals surface area contributed by atoms with E-state index in [9.17, 15) is 9.59 Å². The van der Waals surface area contributed by atoms with E-state index in [1.165, 1.54) is 0 Å². The molecule has 0 radical (unpaired) electrons. The fourth-order valence-corrected chi connectivity index (χ4v) is 3.00. The summed E-state index contributed by atoms with van der Waals surface area (Å²) in [6.45, 7) is 2.38. The topological polar surface area (TPSA) is 64.6 Å². The van der Waals surface area contributed by atoms with Gasteiger partial charge in [0.15, 0.2) is 5.78 Å². The molecule has 0 fully saturated rings. The Morgan fingerprint density at radius 3 is 2.00 bits per heavy atom. The van der Waals surface area contributed by atoms with Crippen LogP contribution in [0.15, 0.2) is 84.9 Å². The Morgan fingerprint density at radius 2 is 1.37 bits per heavy atom. The Morgan fingerprint density at radius 1 is 0.800 bits per heavy atom. The average molecular weight is 403 g/mol. The van der Waals surface area contributed by atoms with Crippen LogP contribution >= 0.6 is 0 Å². The second-order valence-corrected chi connectivity index (χ2v) is 6.94. The SMILES string of the molecule is Cc1ccccc1C(=O)[C@H](COCc1ccccc1)NC(=O)OCc1ccccc1. The number of alkyl carbamates (subject to hydrolysis) is 1. The van der Waals surface area contributed by atoms with Crippen molar-refractivity contribution >= 4 is 11.9 Å². The van der Waals surface area contributed by atoms with E-state index >= 15 is 0 Å². The van der Waals surface area contributed by atoms with Gasteiger partial charge in [-0.2, -0.15) is 0 Å². The van der Waals surface area contributed by atoms with E-state index < -0.39 is 12.1 Å². The van der Waals surface area contributed by atoms with Crippen molar-refractivity contribution in [3.05, 3.63) is 107 Å². The van der Waals surface area contributed by atoms with Crippen molar-refractivity contribution in [3.8, 4) is 0 Å². The van der Waals surface area contributed by atoms with Crippen LogP contribution in [0.2, 0.25) is 0 Å². The van der Waals surface area contributed by atoms with Crippen LogP contribution in [0.3, 0.4) is 0 Å². The number of carbonyl (C=O) groups is 2. The molecule has 3 aromatic rings. The maximum atomic E-state index is 13.1. The van der Waals surface area contributed by atoms with Crippen molar-refractivity contribution in [2.24, 2.45) is 0 Å². The molecule has 0 aliphatic carbocycles. The molecule has 0 aromatic heterocycles. The van der Waals surface area contributed by atoms with Crippen molar-refractivity contribution < 1.29 is 19.1 Å². The highest BCUT2D eigenvalue weighted by molar-refractivity contribution is 6.02. The van der Waals surface area contributed by atoms with Gasteiger partial charge in [-0.3, -0.25) is 4.79 Å². The minimum Gasteiger partial charge on any atom is -0.445 e. The number of hydrogen-bond acceptors (Lipinski definition) is 4. The predicted octanol–water partition coefficient (Wildman–Crippen LogP) is 4.69. The summed E-state index contributed by atoms with van der Waals surface area (Å²) in [6, 6.07) is 25.5. The molecule has 0 unspecified atom stereocenters. The zero-order valence-corrected chi connectivity index (χ0v) is 16.9. The van der Waals surface area contributed by atoms with Crippen LogP contribution in [0.4, 0.5) is 4.79 Å². The second kappa shape index (κ2) is 10.9. The Bertz CT molecular complexity index is 957. The smallest absolute Gasteiger partial charge is 0.408 e. The van der Waals surface area contributed by atoms with Gasteiger partial charge in [-0.1, -0.05) is 84.9 Å². The van der Waals surface area contributed by atoms with Gasteiger partial charge in [0.05, 0.1) is 13.2 Å². The van der Waals surface area contributed by atoms with Crippen molar-refractivity contribution in [2.45, 2.75) is 26.2 Å². The van der Waals surface area contributed by atoms with E-state index in [1.807, 2.05) is 79.7 Å².